The van der Waals surface area contributed by atoms with Gasteiger partial charge < -0.3 is 4.42 Å². The fourth-order valence-electron chi connectivity index (χ4n) is 10.8. The van der Waals surface area contributed by atoms with E-state index >= 15 is 0 Å². The van der Waals surface area contributed by atoms with Gasteiger partial charge in [0.1, 0.15) is 11.2 Å². The summed E-state index contributed by atoms with van der Waals surface area (Å²) >= 11 is 0. The van der Waals surface area contributed by atoms with Crippen LogP contribution in [-0.4, -0.2) is 0 Å². The van der Waals surface area contributed by atoms with Crippen LogP contribution in [0.25, 0.3) is 142 Å². The van der Waals surface area contributed by atoms with Crippen molar-refractivity contribution in [2.45, 2.75) is 0 Å². The predicted molar refractivity (Wildman–Crippen MR) is 260 cm³/mol. The monoisotopic (exact) mass is 770 g/mol. The van der Waals surface area contributed by atoms with Gasteiger partial charge in [-0.1, -0.05) is 188 Å². The van der Waals surface area contributed by atoms with Crippen molar-refractivity contribution in [3.63, 3.8) is 0 Å². The minimum absolute atomic E-state index is 0.917. The molecule has 0 aliphatic rings. The van der Waals surface area contributed by atoms with Crippen molar-refractivity contribution in [1.82, 2.24) is 0 Å². The van der Waals surface area contributed by atoms with Crippen LogP contribution in [0, 0.1) is 0 Å². The summed E-state index contributed by atoms with van der Waals surface area (Å²) in [4.78, 5) is 0. The van der Waals surface area contributed by atoms with Crippen LogP contribution in [0.3, 0.4) is 0 Å². The van der Waals surface area contributed by atoms with E-state index in [-0.39, 0.29) is 0 Å². The lowest BCUT2D eigenvalue weighted by Gasteiger charge is -2.18. The Hall–Kier alpha value is -8.00. The van der Waals surface area contributed by atoms with Crippen LogP contribution in [-0.2, 0) is 0 Å². The van der Waals surface area contributed by atoms with Crippen LogP contribution < -0.4 is 0 Å². The summed E-state index contributed by atoms with van der Waals surface area (Å²) in [6, 6.07) is 76.3. The Morgan fingerprint density at radius 3 is 1.16 bits per heavy atom. The molecule has 0 saturated heterocycles. The first-order valence-electron chi connectivity index (χ1n) is 21.2. The third kappa shape index (κ3) is 4.61. The summed E-state index contributed by atoms with van der Waals surface area (Å²) < 4.78 is 7.14. The molecule has 1 aromatic heterocycles. The Kier molecular flexibility index (Phi) is 6.62. The second-order valence-corrected chi connectivity index (χ2v) is 16.7. The Morgan fingerprint density at radius 2 is 0.623 bits per heavy atom. The summed E-state index contributed by atoms with van der Waals surface area (Å²) in [7, 11) is 0. The molecular weight excluding hydrogens is 737 g/mol. The molecule has 1 nitrogen and oxygen atoms in total. The van der Waals surface area contributed by atoms with E-state index in [0.717, 1.165) is 32.9 Å². The number of fused-ring (bicyclic) bond motifs is 5. The number of hydrogen-bond acceptors (Lipinski definition) is 1. The average molecular weight is 771 g/mol. The molecule has 14 aromatic rings. The molecule has 1 heterocycles. The molecule has 0 radical (unpaired) electrons. The molecule has 0 amide bonds. The molecule has 280 valence electrons. The van der Waals surface area contributed by atoms with Crippen molar-refractivity contribution in [2.24, 2.45) is 0 Å². The third-order valence-corrected chi connectivity index (χ3v) is 13.6. The highest BCUT2D eigenvalue weighted by Gasteiger charge is 2.22. The molecule has 0 N–H and O–H groups in total. The maximum Gasteiger partial charge on any atom is 0.143 e. The Morgan fingerprint density at radius 1 is 0.213 bits per heavy atom. The summed E-state index contributed by atoms with van der Waals surface area (Å²) in [5.41, 5.74) is 11.5. The van der Waals surface area contributed by atoms with E-state index < -0.39 is 0 Å². The zero-order valence-corrected chi connectivity index (χ0v) is 33.0. The first-order valence-corrected chi connectivity index (χ1v) is 21.2. The van der Waals surface area contributed by atoms with Crippen molar-refractivity contribution in [3.8, 4) is 44.5 Å². The molecule has 0 atom stereocenters. The molecule has 0 fully saturated rings. The normalized spacial score (nSPS) is 12.3. The summed E-state index contributed by atoms with van der Waals surface area (Å²) in [5, 5.41) is 19.9. The second-order valence-electron chi connectivity index (χ2n) is 16.7. The van der Waals surface area contributed by atoms with Gasteiger partial charge in [-0.25, -0.2) is 0 Å². The molecular formula is C60H34O. The molecule has 0 unspecified atom stereocenters. The highest BCUT2D eigenvalue weighted by atomic mass is 16.3. The van der Waals surface area contributed by atoms with Crippen molar-refractivity contribution >= 4 is 97.3 Å². The number of rotatable bonds is 4. The van der Waals surface area contributed by atoms with Gasteiger partial charge in [0.2, 0.25) is 0 Å². The quantitative estimate of drug-likeness (QED) is 0.162. The largest absolute Gasteiger partial charge is 0.455 e. The van der Waals surface area contributed by atoms with Gasteiger partial charge in [0.25, 0.3) is 0 Å². The SMILES string of the molecule is c1ccc(-c2ccc3ccc4c(-c5cc(-c6ccc7ccc8c(-c9ccccc9)ccc9ccc6c7c98)c6oc7c8ccccc8ccc7c6c5)ccc5ccc2c3c54)cc1. The lowest BCUT2D eigenvalue weighted by molar-refractivity contribution is 0.674. The molecule has 13 aromatic carbocycles. The molecule has 0 aliphatic heterocycles. The minimum atomic E-state index is 0.917. The minimum Gasteiger partial charge on any atom is -0.455 e. The molecule has 0 saturated carbocycles. The molecule has 0 bridgehead atoms. The topological polar surface area (TPSA) is 13.1 Å². The predicted octanol–water partition coefficient (Wildman–Crippen LogP) is 17.2. The van der Waals surface area contributed by atoms with Crippen molar-refractivity contribution < 1.29 is 4.42 Å². The maximum atomic E-state index is 7.14. The fourth-order valence-corrected chi connectivity index (χ4v) is 10.8. The van der Waals surface area contributed by atoms with E-state index in [2.05, 4.69) is 206 Å². The van der Waals surface area contributed by atoms with E-state index in [0.29, 0.717) is 0 Å². The smallest absolute Gasteiger partial charge is 0.143 e. The highest BCUT2D eigenvalue weighted by Crippen LogP contribution is 2.48. The lowest BCUT2D eigenvalue weighted by atomic mass is 9.85. The molecule has 0 aliphatic carbocycles. The van der Waals surface area contributed by atoms with Crippen LogP contribution in [0.5, 0.6) is 0 Å². The number of benzene rings is 13. The fraction of sp³-hybridized carbons (Fsp3) is 0. The summed E-state index contributed by atoms with van der Waals surface area (Å²) in [6.45, 7) is 0. The lowest BCUT2D eigenvalue weighted by Crippen LogP contribution is -1.91. The van der Waals surface area contributed by atoms with Gasteiger partial charge >= 0.3 is 0 Å². The molecule has 1 heteroatoms. The highest BCUT2D eigenvalue weighted by molar-refractivity contribution is 6.30. The van der Waals surface area contributed by atoms with Gasteiger partial charge in [0, 0.05) is 21.7 Å². The van der Waals surface area contributed by atoms with Crippen LogP contribution in [0.15, 0.2) is 211 Å². The first-order chi connectivity index (χ1) is 30.2. The van der Waals surface area contributed by atoms with Gasteiger partial charge in [-0.15, -0.1) is 0 Å². The standard InChI is InChI=1S/C60H34O/c1-3-9-35(10-4-1)43-24-16-38-22-30-50-45(26-18-40-20-28-48(43)55(38)57(40)50)42-33-53(60-54(34-42)52-32-15-37-13-7-8-14-46(37)59(52)61-60)47-27-19-41-21-29-49-44(36-11-5-2-6-12-36)25-17-39-23-31-51(47)58(41)56(39)49/h1-34H. The zero-order valence-electron chi connectivity index (χ0n) is 33.0. The zero-order chi connectivity index (χ0) is 39.8. The van der Waals surface area contributed by atoms with Gasteiger partial charge in [-0.3, -0.25) is 0 Å². The van der Waals surface area contributed by atoms with Gasteiger partial charge in [0.05, 0.1) is 0 Å². The summed E-state index contributed by atoms with van der Waals surface area (Å²) in [5.74, 6) is 0. The Labute approximate surface area is 351 Å². The van der Waals surface area contributed by atoms with E-state index in [9.17, 15) is 0 Å². The Balaban J connectivity index is 1.08. The first kappa shape index (κ1) is 32.9. The summed E-state index contributed by atoms with van der Waals surface area (Å²) in [6.07, 6.45) is 0. The number of hydrogen-bond donors (Lipinski definition) is 0. The van der Waals surface area contributed by atoms with Gasteiger partial charge in [-0.2, -0.15) is 0 Å². The molecule has 14 rings (SSSR count). The second kappa shape index (κ2) is 12.3. The van der Waals surface area contributed by atoms with E-state index in [4.69, 9.17) is 4.42 Å². The van der Waals surface area contributed by atoms with Crippen LogP contribution >= 0.6 is 0 Å². The molecule has 61 heavy (non-hydrogen) atoms. The van der Waals surface area contributed by atoms with E-state index in [1.807, 2.05) is 0 Å². The van der Waals surface area contributed by atoms with Crippen LogP contribution in [0.4, 0.5) is 0 Å². The molecule has 0 spiro atoms. The van der Waals surface area contributed by atoms with Crippen molar-refractivity contribution in [2.75, 3.05) is 0 Å². The van der Waals surface area contributed by atoms with Crippen molar-refractivity contribution in [3.05, 3.63) is 206 Å². The average Bonchev–Trinajstić information content (AvgIpc) is 3.72. The van der Waals surface area contributed by atoms with Gasteiger partial charge in [0.15, 0.2) is 0 Å². The Bertz CT molecular complexity index is 4080. The third-order valence-electron chi connectivity index (χ3n) is 13.6. The van der Waals surface area contributed by atoms with Gasteiger partial charge in [-0.05, 0) is 127 Å². The van der Waals surface area contributed by atoms with Crippen molar-refractivity contribution in [1.29, 1.82) is 0 Å². The van der Waals surface area contributed by atoms with E-state index in [1.54, 1.807) is 0 Å². The van der Waals surface area contributed by atoms with Crippen LogP contribution in [0.2, 0.25) is 0 Å². The van der Waals surface area contributed by atoms with Crippen LogP contribution in [0.1, 0.15) is 0 Å². The van der Waals surface area contributed by atoms with E-state index in [1.165, 1.54) is 109 Å². The maximum absolute atomic E-state index is 7.14. The number of furan rings is 1.